The fraction of sp³-hybridized carbons (Fsp3) is 0.312. The molecule has 108 valence electrons. The van der Waals surface area contributed by atoms with Crippen molar-refractivity contribution in [3.05, 3.63) is 54.2 Å². The maximum absolute atomic E-state index is 5.84. The van der Waals surface area contributed by atoms with Crippen LogP contribution in [0.5, 0.6) is 5.88 Å². The molecule has 0 bridgehead atoms. The Labute approximate surface area is 125 Å². The Morgan fingerprint density at radius 3 is 2.62 bits per heavy atom. The fourth-order valence-electron chi connectivity index (χ4n) is 2.16. The van der Waals surface area contributed by atoms with Gasteiger partial charge in [-0.1, -0.05) is 30.3 Å². The van der Waals surface area contributed by atoms with Crippen LogP contribution in [-0.2, 0) is 15.9 Å². The normalized spacial score (nSPS) is 17.0. The van der Waals surface area contributed by atoms with Crippen molar-refractivity contribution in [2.24, 2.45) is 0 Å². The molecule has 0 amide bonds. The van der Waals surface area contributed by atoms with Crippen molar-refractivity contribution in [3.63, 3.8) is 0 Å². The first-order valence-electron chi connectivity index (χ1n) is 7.04. The molecule has 1 fully saturated rings. The zero-order valence-electron chi connectivity index (χ0n) is 12.3. The summed E-state index contributed by atoms with van der Waals surface area (Å²) in [4.78, 5) is 4.13. The van der Waals surface area contributed by atoms with E-state index in [1.54, 1.807) is 6.20 Å². The van der Waals surface area contributed by atoms with E-state index >= 15 is 0 Å². The topological polar surface area (TPSA) is 40.6 Å². The third-order valence-electron chi connectivity index (χ3n) is 3.28. The molecule has 21 heavy (non-hydrogen) atoms. The molecule has 3 rings (SSSR count). The van der Waals surface area contributed by atoms with E-state index in [4.69, 9.17) is 14.0 Å². The first-order chi connectivity index (χ1) is 10.1. The van der Waals surface area contributed by atoms with Crippen LogP contribution in [0.4, 0.5) is 0 Å². The molecule has 0 spiro atoms. The minimum Gasteiger partial charge on any atom is -0.473 e. The molecule has 2 aromatic rings. The van der Waals surface area contributed by atoms with Crippen molar-refractivity contribution in [1.29, 1.82) is 0 Å². The van der Waals surface area contributed by atoms with Gasteiger partial charge in [-0.15, -0.1) is 0 Å². The fourth-order valence-corrected chi connectivity index (χ4v) is 2.16. The number of hydrogen-bond donors (Lipinski definition) is 0. The van der Waals surface area contributed by atoms with Gasteiger partial charge in [0.25, 0.3) is 0 Å². The SMILES string of the molecule is CC1(C)COB(c2ccc(COc3ccccn3)cc2)O1. The average Bonchev–Trinajstić information content (AvgIpc) is 2.87. The second kappa shape index (κ2) is 5.88. The molecule has 0 radical (unpaired) electrons. The Morgan fingerprint density at radius 1 is 1.19 bits per heavy atom. The molecule has 1 aromatic carbocycles. The average molecular weight is 283 g/mol. The number of aromatic nitrogens is 1. The lowest BCUT2D eigenvalue weighted by Crippen LogP contribution is -2.34. The van der Waals surface area contributed by atoms with E-state index < -0.39 is 0 Å². The lowest BCUT2D eigenvalue weighted by Gasteiger charge is -2.15. The summed E-state index contributed by atoms with van der Waals surface area (Å²) in [5.41, 5.74) is 1.90. The summed E-state index contributed by atoms with van der Waals surface area (Å²) in [7, 11) is -0.272. The molecule has 1 aromatic heterocycles. The Hall–Kier alpha value is -1.85. The van der Waals surface area contributed by atoms with E-state index in [9.17, 15) is 0 Å². The molecule has 0 unspecified atom stereocenters. The Morgan fingerprint density at radius 2 is 2.00 bits per heavy atom. The number of hydrogen-bond acceptors (Lipinski definition) is 4. The molecule has 1 saturated heterocycles. The molecule has 0 aliphatic carbocycles. The van der Waals surface area contributed by atoms with E-state index in [1.165, 1.54) is 0 Å². The summed E-state index contributed by atoms with van der Waals surface area (Å²) in [5.74, 6) is 0.630. The van der Waals surface area contributed by atoms with Crippen LogP contribution < -0.4 is 10.2 Å². The van der Waals surface area contributed by atoms with Gasteiger partial charge < -0.3 is 14.0 Å². The Bertz CT molecular complexity index is 586. The summed E-state index contributed by atoms with van der Waals surface area (Å²) in [6, 6.07) is 13.7. The van der Waals surface area contributed by atoms with Gasteiger partial charge in [0.15, 0.2) is 0 Å². The lowest BCUT2D eigenvalue weighted by atomic mass is 9.79. The molecule has 1 aliphatic heterocycles. The highest BCUT2D eigenvalue weighted by Crippen LogP contribution is 2.19. The van der Waals surface area contributed by atoms with Crippen LogP contribution in [0.1, 0.15) is 19.4 Å². The Kier molecular flexibility index (Phi) is 3.95. The summed E-state index contributed by atoms with van der Waals surface area (Å²) < 4.78 is 17.1. The quantitative estimate of drug-likeness (QED) is 0.806. The van der Waals surface area contributed by atoms with Crippen LogP contribution in [0.3, 0.4) is 0 Å². The van der Waals surface area contributed by atoms with Crippen LogP contribution >= 0.6 is 0 Å². The highest BCUT2D eigenvalue weighted by atomic mass is 16.7. The van der Waals surface area contributed by atoms with Crippen molar-refractivity contribution in [2.75, 3.05) is 6.61 Å². The van der Waals surface area contributed by atoms with Gasteiger partial charge >= 0.3 is 7.12 Å². The van der Waals surface area contributed by atoms with Gasteiger partial charge in [0.2, 0.25) is 5.88 Å². The molecule has 0 saturated carbocycles. The van der Waals surface area contributed by atoms with Gasteiger partial charge in [-0.25, -0.2) is 4.98 Å². The van der Waals surface area contributed by atoms with Crippen LogP contribution in [0.25, 0.3) is 0 Å². The molecule has 5 heteroatoms. The molecular weight excluding hydrogens is 265 g/mol. The number of nitrogens with zero attached hydrogens (tertiary/aromatic N) is 1. The van der Waals surface area contributed by atoms with Crippen molar-refractivity contribution < 1.29 is 14.0 Å². The minimum atomic E-state index is -0.272. The standard InChI is InChI=1S/C16H18BNO3/c1-16(2)12-20-17(21-16)14-8-6-13(7-9-14)11-19-15-5-3-4-10-18-15/h3-10H,11-12H2,1-2H3. The van der Waals surface area contributed by atoms with Crippen LogP contribution in [0, 0.1) is 0 Å². The lowest BCUT2D eigenvalue weighted by molar-refractivity contribution is 0.137. The van der Waals surface area contributed by atoms with Crippen LogP contribution in [0.15, 0.2) is 48.7 Å². The van der Waals surface area contributed by atoms with Crippen molar-refractivity contribution >= 4 is 12.6 Å². The third kappa shape index (κ3) is 3.62. The van der Waals surface area contributed by atoms with Crippen LogP contribution in [0.2, 0.25) is 0 Å². The summed E-state index contributed by atoms with van der Waals surface area (Å²) in [6.07, 6.45) is 1.72. The van der Waals surface area contributed by atoms with Gasteiger partial charge in [-0.2, -0.15) is 0 Å². The summed E-state index contributed by atoms with van der Waals surface area (Å²) in [6.45, 7) is 5.17. The summed E-state index contributed by atoms with van der Waals surface area (Å²) in [5, 5.41) is 0. The first kappa shape index (κ1) is 14.1. The molecular formula is C16H18BNO3. The largest absolute Gasteiger partial charge is 0.494 e. The van der Waals surface area contributed by atoms with Crippen molar-refractivity contribution in [2.45, 2.75) is 26.1 Å². The van der Waals surface area contributed by atoms with Crippen molar-refractivity contribution in [1.82, 2.24) is 4.98 Å². The predicted octanol–water partition coefficient (Wildman–Crippen LogP) is 2.18. The van der Waals surface area contributed by atoms with Crippen LogP contribution in [-0.4, -0.2) is 24.3 Å². The van der Waals surface area contributed by atoms with E-state index in [0.29, 0.717) is 19.1 Å². The monoisotopic (exact) mass is 283 g/mol. The summed E-state index contributed by atoms with van der Waals surface area (Å²) >= 11 is 0. The zero-order valence-corrected chi connectivity index (χ0v) is 12.3. The number of benzene rings is 1. The number of pyridine rings is 1. The van der Waals surface area contributed by atoms with E-state index in [0.717, 1.165) is 11.0 Å². The maximum atomic E-state index is 5.84. The molecule has 4 nitrogen and oxygen atoms in total. The molecule has 2 heterocycles. The molecule has 1 aliphatic rings. The number of ether oxygens (including phenoxy) is 1. The highest BCUT2D eigenvalue weighted by Gasteiger charge is 2.37. The number of rotatable bonds is 4. The maximum Gasteiger partial charge on any atom is 0.494 e. The van der Waals surface area contributed by atoms with Gasteiger partial charge in [0.05, 0.1) is 12.2 Å². The highest BCUT2D eigenvalue weighted by molar-refractivity contribution is 6.61. The van der Waals surface area contributed by atoms with E-state index in [2.05, 4.69) is 4.98 Å². The smallest absolute Gasteiger partial charge is 0.473 e. The molecule has 0 atom stereocenters. The second-order valence-electron chi connectivity index (χ2n) is 5.72. The first-order valence-corrected chi connectivity index (χ1v) is 7.04. The van der Waals surface area contributed by atoms with Gasteiger partial charge in [0, 0.05) is 12.3 Å². The second-order valence-corrected chi connectivity index (χ2v) is 5.72. The van der Waals surface area contributed by atoms with Crippen molar-refractivity contribution in [3.8, 4) is 5.88 Å². The third-order valence-corrected chi connectivity index (χ3v) is 3.28. The predicted molar refractivity (Wildman–Crippen MR) is 81.5 cm³/mol. The Balaban J connectivity index is 1.60. The van der Waals surface area contributed by atoms with Gasteiger partial charge in [-0.3, -0.25) is 0 Å². The van der Waals surface area contributed by atoms with E-state index in [-0.39, 0.29) is 12.7 Å². The van der Waals surface area contributed by atoms with E-state index in [1.807, 2.05) is 56.3 Å². The minimum absolute atomic E-state index is 0.217. The molecule has 0 N–H and O–H groups in total. The van der Waals surface area contributed by atoms with Gasteiger partial charge in [0.1, 0.15) is 6.61 Å². The van der Waals surface area contributed by atoms with Gasteiger partial charge in [-0.05, 0) is 30.9 Å². The zero-order chi connectivity index (χ0) is 14.7.